The lowest BCUT2D eigenvalue weighted by atomic mass is 10.2. The summed E-state index contributed by atoms with van der Waals surface area (Å²) < 4.78 is 27.1. The van der Waals surface area contributed by atoms with Crippen LogP contribution >= 0.6 is 0 Å². The van der Waals surface area contributed by atoms with E-state index in [1.165, 1.54) is 12.8 Å². The average molecular weight is 309 g/mol. The van der Waals surface area contributed by atoms with E-state index in [2.05, 4.69) is 4.90 Å². The molecule has 1 saturated heterocycles. The van der Waals surface area contributed by atoms with Crippen LogP contribution in [0.3, 0.4) is 0 Å². The second-order valence-electron chi connectivity index (χ2n) is 6.17. The molecule has 2 fully saturated rings. The lowest BCUT2D eigenvalue weighted by molar-refractivity contribution is 0.182. The maximum absolute atomic E-state index is 12.7. The fourth-order valence-electron chi connectivity index (χ4n) is 2.92. The minimum absolute atomic E-state index is 0.382. The summed E-state index contributed by atoms with van der Waals surface area (Å²) in [6.07, 6.45) is 2.67. The Morgan fingerprint density at radius 1 is 1.19 bits per heavy atom. The van der Waals surface area contributed by atoms with Crippen molar-refractivity contribution in [1.29, 1.82) is 0 Å². The summed E-state index contributed by atoms with van der Waals surface area (Å²) in [4.78, 5) is 2.77. The Balaban J connectivity index is 1.70. The zero-order valence-electron chi connectivity index (χ0n) is 12.5. The molecular formula is C15H23N3O2S. The number of piperazine rings is 1. The Bertz CT molecular complexity index is 618. The van der Waals surface area contributed by atoms with Gasteiger partial charge in [-0.15, -0.1) is 0 Å². The zero-order chi connectivity index (χ0) is 15.0. The van der Waals surface area contributed by atoms with Crippen molar-refractivity contribution in [2.75, 3.05) is 38.5 Å². The van der Waals surface area contributed by atoms with Gasteiger partial charge in [-0.25, -0.2) is 8.42 Å². The second-order valence-corrected chi connectivity index (χ2v) is 8.08. The van der Waals surface area contributed by atoms with Crippen molar-refractivity contribution in [1.82, 2.24) is 9.21 Å². The first-order valence-electron chi connectivity index (χ1n) is 7.55. The Morgan fingerprint density at radius 3 is 2.43 bits per heavy atom. The third-order valence-corrected chi connectivity index (χ3v) is 6.42. The van der Waals surface area contributed by atoms with Gasteiger partial charge in [0, 0.05) is 38.4 Å². The molecule has 0 radical (unpaired) electrons. The molecule has 0 bridgehead atoms. The third kappa shape index (κ3) is 3.22. The van der Waals surface area contributed by atoms with Crippen LogP contribution in [0.15, 0.2) is 23.1 Å². The van der Waals surface area contributed by atoms with Gasteiger partial charge in [0.25, 0.3) is 0 Å². The molecule has 5 nitrogen and oxygen atoms in total. The molecule has 1 aliphatic carbocycles. The summed E-state index contributed by atoms with van der Waals surface area (Å²) in [6.45, 7) is 5.77. The van der Waals surface area contributed by atoms with Crippen LogP contribution < -0.4 is 5.73 Å². The van der Waals surface area contributed by atoms with E-state index < -0.39 is 10.0 Å². The van der Waals surface area contributed by atoms with E-state index in [1.807, 2.05) is 0 Å². The highest BCUT2D eigenvalue weighted by atomic mass is 32.2. The maximum Gasteiger partial charge on any atom is 0.243 e. The lowest BCUT2D eigenvalue weighted by Gasteiger charge is -2.34. The molecule has 1 aromatic rings. The van der Waals surface area contributed by atoms with E-state index in [0.29, 0.717) is 23.7 Å². The van der Waals surface area contributed by atoms with Crippen molar-refractivity contribution >= 4 is 15.7 Å². The highest BCUT2D eigenvalue weighted by Crippen LogP contribution is 2.30. The second kappa shape index (κ2) is 5.59. The van der Waals surface area contributed by atoms with Gasteiger partial charge in [0.05, 0.1) is 4.90 Å². The van der Waals surface area contributed by atoms with Crippen molar-refractivity contribution in [3.05, 3.63) is 23.8 Å². The van der Waals surface area contributed by atoms with Crippen LogP contribution in [-0.4, -0.2) is 50.3 Å². The molecule has 1 aromatic carbocycles. The topological polar surface area (TPSA) is 66.6 Å². The molecule has 2 aliphatic rings. The van der Waals surface area contributed by atoms with Crippen LogP contribution in [0, 0.1) is 12.8 Å². The van der Waals surface area contributed by atoms with Crippen LogP contribution in [0.5, 0.6) is 0 Å². The number of aryl methyl sites for hydroxylation is 1. The zero-order valence-corrected chi connectivity index (χ0v) is 13.3. The number of anilines is 1. The summed E-state index contributed by atoms with van der Waals surface area (Å²) in [5, 5.41) is 0. The molecule has 2 N–H and O–H groups in total. The maximum atomic E-state index is 12.7. The monoisotopic (exact) mass is 309 g/mol. The number of nitrogens with two attached hydrogens (primary N) is 1. The number of nitrogens with zero attached hydrogens (tertiary/aromatic N) is 2. The van der Waals surface area contributed by atoms with Crippen LogP contribution in [0.2, 0.25) is 0 Å². The van der Waals surface area contributed by atoms with Gasteiger partial charge in [-0.3, -0.25) is 0 Å². The Kier molecular flexibility index (Phi) is 3.94. The highest BCUT2D eigenvalue weighted by Gasteiger charge is 2.31. The van der Waals surface area contributed by atoms with E-state index in [1.54, 1.807) is 29.4 Å². The van der Waals surface area contributed by atoms with Crippen LogP contribution in [0.1, 0.15) is 18.4 Å². The van der Waals surface area contributed by atoms with Gasteiger partial charge in [-0.2, -0.15) is 4.31 Å². The normalized spacial score (nSPS) is 21.6. The average Bonchev–Trinajstić information content (AvgIpc) is 3.23. The summed E-state index contributed by atoms with van der Waals surface area (Å²) in [7, 11) is -3.39. The number of hydrogen-bond acceptors (Lipinski definition) is 4. The van der Waals surface area contributed by atoms with Gasteiger partial charge in [0.2, 0.25) is 10.0 Å². The summed E-state index contributed by atoms with van der Waals surface area (Å²) in [5.74, 6) is 0.854. The van der Waals surface area contributed by atoms with Gasteiger partial charge in [0.15, 0.2) is 0 Å². The van der Waals surface area contributed by atoms with Gasteiger partial charge < -0.3 is 10.6 Å². The van der Waals surface area contributed by atoms with Crippen molar-refractivity contribution in [3.63, 3.8) is 0 Å². The van der Waals surface area contributed by atoms with Crippen LogP contribution in [0.4, 0.5) is 5.69 Å². The smallest absolute Gasteiger partial charge is 0.243 e. The molecule has 1 saturated carbocycles. The van der Waals surface area contributed by atoms with E-state index in [4.69, 9.17) is 5.73 Å². The molecule has 116 valence electrons. The fourth-order valence-corrected chi connectivity index (χ4v) is 4.55. The molecule has 0 unspecified atom stereocenters. The molecule has 3 rings (SSSR count). The largest absolute Gasteiger partial charge is 0.399 e. The Labute approximate surface area is 126 Å². The number of rotatable bonds is 4. The summed E-state index contributed by atoms with van der Waals surface area (Å²) >= 11 is 0. The van der Waals surface area contributed by atoms with Crippen LogP contribution in [-0.2, 0) is 10.0 Å². The van der Waals surface area contributed by atoms with E-state index in [9.17, 15) is 8.42 Å². The number of sulfonamides is 1. The predicted molar refractivity (Wildman–Crippen MR) is 83.5 cm³/mol. The van der Waals surface area contributed by atoms with Gasteiger partial charge >= 0.3 is 0 Å². The van der Waals surface area contributed by atoms with Gasteiger partial charge in [-0.1, -0.05) is 0 Å². The van der Waals surface area contributed by atoms with Gasteiger partial charge in [0.1, 0.15) is 0 Å². The van der Waals surface area contributed by atoms with E-state index >= 15 is 0 Å². The third-order valence-electron chi connectivity index (χ3n) is 4.36. The standard InChI is InChI=1S/C15H23N3O2S/c1-12-10-14(16)4-5-15(12)21(19,20)18-8-6-17(7-9-18)11-13-2-3-13/h4-5,10,13H,2-3,6-9,11,16H2,1H3. The molecule has 0 amide bonds. The SMILES string of the molecule is Cc1cc(N)ccc1S(=O)(=O)N1CCN(CC2CC2)CC1. The van der Waals surface area contributed by atoms with Crippen molar-refractivity contribution in [2.24, 2.45) is 5.92 Å². The Hall–Kier alpha value is -1.11. The first-order chi connectivity index (χ1) is 9.96. The number of benzene rings is 1. The number of nitrogen functional groups attached to an aromatic ring is 1. The molecule has 0 atom stereocenters. The first-order valence-corrected chi connectivity index (χ1v) is 8.99. The molecule has 1 heterocycles. The van der Waals surface area contributed by atoms with Crippen molar-refractivity contribution in [3.8, 4) is 0 Å². The van der Waals surface area contributed by atoms with E-state index in [-0.39, 0.29) is 0 Å². The van der Waals surface area contributed by atoms with Crippen molar-refractivity contribution < 1.29 is 8.42 Å². The summed E-state index contributed by atoms with van der Waals surface area (Å²) in [6, 6.07) is 5.00. The molecule has 0 aromatic heterocycles. The molecule has 1 aliphatic heterocycles. The van der Waals surface area contributed by atoms with Gasteiger partial charge in [-0.05, 0) is 49.4 Å². The van der Waals surface area contributed by atoms with E-state index in [0.717, 1.165) is 31.1 Å². The quantitative estimate of drug-likeness (QED) is 0.851. The molecule has 0 spiro atoms. The minimum atomic E-state index is -3.39. The fraction of sp³-hybridized carbons (Fsp3) is 0.600. The first kappa shape index (κ1) is 14.8. The highest BCUT2D eigenvalue weighted by molar-refractivity contribution is 7.89. The summed E-state index contributed by atoms with van der Waals surface area (Å²) in [5.41, 5.74) is 7.02. The van der Waals surface area contributed by atoms with Crippen LogP contribution in [0.25, 0.3) is 0 Å². The minimum Gasteiger partial charge on any atom is -0.399 e. The molecule has 21 heavy (non-hydrogen) atoms. The van der Waals surface area contributed by atoms with Crippen molar-refractivity contribution in [2.45, 2.75) is 24.7 Å². The molecular weight excluding hydrogens is 286 g/mol. The molecule has 6 heteroatoms. The lowest BCUT2D eigenvalue weighted by Crippen LogP contribution is -2.49. The Morgan fingerprint density at radius 2 is 1.86 bits per heavy atom. The predicted octanol–water partition coefficient (Wildman–Crippen LogP) is 1.29. The number of hydrogen-bond donors (Lipinski definition) is 1.